The van der Waals surface area contributed by atoms with Crippen LogP contribution in [0.15, 0.2) is 42.5 Å². The van der Waals surface area contributed by atoms with Gasteiger partial charge in [0.05, 0.1) is 16.1 Å². The average molecular weight is 384 g/mol. The number of thiophene rings is 1. The van der Waals surface area contributed by atoms with E-state index in [1.165, 1.54) is 17.4 Å². The molecule has 0 bridgehead atoms. The highest BCUT2D eigenvalue weighted by atomic mass is 32.1. The van der Waals surface area contributed by atoms with Gasteiger partial charge in [-0.25, -0.2) is 4.39 Å². The van der Waals surface area contributed by atoms with E-state index in [1.54, 1.807) is 43.3 Å². The molecule has 6 heteroatoms. The highest BCUT2D eigenvalue weighted by Gasteiger charge is 2.20. The van der Waals surface area contributed by atoms with Crippen LogP contribution in [0.4, 0.5) is 10.1 Å². The molecule has 1 atom stereocenters. The fourth-order valence-electron chi connectivity index (χ4n) is 2.84. The number of carbonyl (C=O) groups excluding carboxylic acids is 2. The second kappa shape index (κ2) is 7.88. The number of rotatable bonds is 5. The SMILES string of the molecule is CCC(C)NC(=O)c1ccccc1NC(=O)c1sc2cccc(F)c2c1C. The van der Waals surface area contributed by atoms with Crippen molar-refractivity contribution in [2.24, 2.45) is 0 Å². The third kappa shape index (κ3) is 3.85. The zero-order chi connectivity index (χ0) is 19.6. The van der Waals surface area contributed by atoms with Gasteiger partial charge in [-0.15, -0.1) is 11.3 Å². The Morgan fingerprint density at radius 3 is 2.56 bits per heavy atom. The normalized spacial score (nSPS) is 12.0. The molecule has 1 unspecified atom stereocenters. The first-order valence-electron chi connectivity index (χ1n) is 8.81. The second-order valence-electron chi connectivity index (χ2n) is 6.45. The quantitative estimate of drug-likeness (QED) is 0.641. The van der Waals surface area contributed by atoms with E-state index in [2.05, 4.69) is 10.6 Å². The number of anilines is 1. The van der Waals surface area contributed by atoms with E-state index in [-0.39, 0.29) is 23.7 Å². The first-order valence-corrected chi connectivity index (χ1v) is 9.62. The largest absolute Gasteiger partial charge is 0.350 e. The van der Waals surface area contributed by atoms with E-state index >= 15 is 0 Å². The number of para-hydroxylation sites is 1. The predicted octanol–water partition coefficient (Wildman–Crippen LogP) is 5.13. The summed E-state index contributed by atoms with van der Waals surface area (Å²) in [5.74, 6) is -0.926. The molecule has 0 spiro atoms. The molecule has 27 heavy (non-hydrogen) atoms. The topological polar surface area (TPSA) is 58.2 Å². The molecule has 0 saturated heterocycles. The third-order valence-corrected chi connectivity index (χ3v) is 5.77. The summed E-state index contributed by atoms with van der Waals surface area (Å²) in [4.78, 5) is 25.7. The summed E-state index contributed by atoms with van der Waals surface area (Å²) in [7, 11) is 0. The minimum atomic E-state index is -0.350. The number of carbonyl (C=O) groups is 2. The van der Waals surface area contributed by atoms with Gasteiger partial charge in [-0.3, -0.25) is 9.59 Å². The van der Waals surface area contributed by atoms with Gasteiger partial charge in [0.25, 0.3) is 11.8 Å². The van der Waals surface area contributed by atoms with Crippen LogP contribution in [0.3, 0.4) is 0 Å². The highest BCUT2D eigenvalue weighted by molar-refractivity contribution is 7.21. The lowest BCUT2D eigenvalue weighted by molar-refractivity contribution is 0.0940. The molecule has 0 aliphatic heterocycles. The van der Waals surface area contributed by atoms with Crippen LogP contribution in [-0.2, 0) is 0 Å². The first-order chi connectivity index (χ1) is 12.9. The number of nitrogens with one attached hydrogen (secondary N) is 2. The standard InChI is InChI=1S/C21H21FN2O2S/c1-4-12(2)23-20(25)14-8-5-6-10-16(14)24-21(26)19-13(3)18-15(22)9-7-11-17(18)27-19/h5-12H,4H2,1-3H3,(H,23,25)(H,24,26). The Kier molecular flexibility index (Phi) is 5.56. The maximum atomic E-state index is 14.1. The number of fused-ring (bicyclic) bond motifs is 1. The van der Waals surface area contributed by atoms with Gasteiger partial charge in [0.1, 0.15) is 5.82 Å². The van der Waals surface area contributed by atoms with Crippen molar-refractivity contribution in [3.8, 4) is 0 Å². The molecule has 3 rings (SSSR count). The Labute approximate surface area is 161 Å². The average Bonchev–Trinajstić information content (AvgIpc) is 3.00. The minimum Gasteiger partial charge on any atom is -0.350 e. The molecular formula is C21H21FN2O2S. The maximum absolute atomic E-state index is 14.1. The highest BCUT2D eigenvalue weighted by Crippen LogP contribution is 2.33. The van der Waals surface area contributed by atoms with Crippen molar-refractivity contribution in [1.29, 1.82) is 0 Å². The lowest BCUT2D eigenvalue weighted by Crippen LogP contribution is -2.32. The van der Waals surface area contributed by atoms with Crippen LogP contribution >= 0.6 is 11.3 Å². The number of amides is 2. The van der Waals surface area contributed by atoms with Crippen LogP contribution < -0.4 is 10.6 Å². The summed E-state index contributed by atoms with van der Waals surface area (Å²) in [5.41, 5.74) is 1.43. The molecule has 2 aromatic carbocycles. The van der Waals surface area contributed by atoms with Crippen LogP contribution in [0.1, 0.15) is 45.9 Å². The number of halogens is 1. The Hall–Kier alpha value is -2.73. The van der Waals surface area contributed by atoms with Gasteiger partial charge >= 0.3 is 0 Å². The predicted molar refractivity (Wildman–Crippen MR) is 108 cm³/mol. The van der Waals surface area contributed by atoms with E-state index < -0.39 is 0 Å². The molecule has 0 aliphatic rings. The van der Waals surface area contributed by atoms with E-state index in [9.17, 15) is 14.0 Å². The summed E-state index contributed by atoms with van der Waals surface area (Å²) in [6, 6.07) is 11.7. The molecule has 2 amide bonds. The van der Waals surface area contributed by atoms with Gasteiger partial charge in [-0.05, 0) is 50.1 Å². The van der Waals surface area contributed by atoms with E-state index in [4.69, 9.17) is 0 Å². The fourth-order valence-corrected chi connectivity index (χ4v) is 3.96. The molecular weight excluding hydrogens is 363 g/mol. The maximum Gasteiger partial charge on any atom is 0.266 e. The van der Waals surface area contributed by atoms with Crippen LogP contribution in [-0.4, -0.2) is 17.9 Å². The second-order valence-corrected chi connectivity index (χ2v) is 7.50. The van der Waals surface area contributed by atoms with Crippen LogP contribution in [0.25, 0.3) is 10.1 Å². The molecule has 0 saturated carbocycles. The third-order valence-electron chi connectivity index (χ3n) is 4.52. The molecule has 0 radical (unpaired) electrons. The molecule has 4 nitrogen and oxygen atoms in total. The molecule has 1 heterocycles. The summed E-state index contributed by atoms with van der Waals surface area (Å²) in [6.45, 7) is 5.65. The summed E-state index contributed by atoms with van der Waals surface area (Å²) < 4.78 is 14.8. The van der Waals surface area contributed by atoms with E-state index in [1.807, 2.05) is 13.8 Å². The van der Waals surface area contributed by atoms with Gasteiger partial charge in [0.15, 0.2) is 0 Å². The summed E-state index contributed by atoms with van der Waals surface area (Å²) >= 11 is 1.24. The van der Waals surface area contributed by atoms with Crippen molar-refractivity contribution < 1.29 is 14.0 Å². The number of aryl methyl sites for hydroxylation is 1. The summed E-state index contributed by atoms with van der Waals surface area (Å²) in [6.07, 6.45) is 0.812. The Balaban J connectivity index is 1.90. The zero-order valence-electron chi connectivity index (χ0n) is 15.4. The van der Waals surface area contributed by atoms with Crippen molar-refractivity contribution in [3.05, 3.63) is 64.3 Å². The Morgan fingerprint density at radius 1 is 1.11 bits per heavy atom. The van der Waals surface area contributed by atoms with Gasteiger partial charge in [-0.2, -0.15) is 0 Å². The first kappa shape index (κ1) is 19.0. The van der Waals surface area contributed by atoms with Crippen LogP contribution in [0.2, 0.25) is 0 Å². The van der Waals surface area contributed by atoms with Crippen molar-refractivity contribution in [2.75, 3.05) is 5.32 Å². The lowest BCUT2D eigenvalue weighted by atomic mass is 10.1. The number of benzene rings is 2. The Bertz CT molecular complexity index is 1010. The van der Waals surface area contributed by atoms with E-state index in [0.717, 1.165) is 11.1 Å². The molecule has 0 fully saturated rings. The molecule has 1 aromatic heterocycles. The van der Waals surface area contributed by atoms with Crippen LogP contribution in [0, 0.1) is 12.7 Å². The van der Waals surface area contributed by atoms with Gasteiger partial charge < -0.3 is 10.6 Å². The van der Waals surface area contributed by atoms with Gasteiger partial charge in [-0.1, -0.05) is 25.1 Å². The monoisotopic (exact) mass is 384 g/mol. The van der Waals surface area contributed by atoms with Gasteiger partial charge in [0, 0.05) is 16.1 Å². The van der Waals surface area contributed by atoms with Crippen molar-refractivity contribution >= 4 is 38.9 Å². The van der Waals surface area contributed by atoms with E-state index in [0.29, 0.717) is 27.1 Å². The zero-order valence-corrected chi connectivity index (χ0v) is 16.2. The van der Waals surface area contributed by atoms with Crippen LogP contribution in [0.5, 0.6) is 0 Å². The van der Waals surface area contributed by atoms with Gasteiger partial charge in [0.2, 0.25) is 0 Å². The smallest absolute Gasteiger partial charge is 0.266 e. The minimum absolute atomic E-state index is 0.0362. The number of hydrogen-bond donors (Lipinski definition) is 2. The molecule has 3 aromatic rings. The molecule has 140 valence electrons. The lowest BCUT2D eigenvalue weighted by Gasteiger charge is -2.14. The van der Waals surface area contributed by atoms with Crippen molar-refractivity contribution in [1.82, 2.24) is 5.32 Å². The molecule has 2 N–H and O–H groups in total. The van der Waals surface area contributed by atoms with Crippen molar-refractivity contribution in [3.63, 3.8) is 0 Å². The molecule has 0 aliphatic carbocycles. The fraction of sp³-hybridized carbons (Fsp3) is 0.238. The van der Waals surface area contributed by atoms with Crippen molar-refractivity contribution in [2.45, 2.75) is 33.2 Å². The number of hydrogen-bond acceptors (Lipinski definition) is 3. The Morgan fingerprint density at radius 2 is 1.85 bits per heavy atom. The summed E-state index contributed by atoms with van der Waals surface area (Å²) in [5, 5.41) is 6.18.